The Balaban J connectivity index is 1.90. The van der Waals surface area contributed by atoms with Gasteiger partial charge in [-0.3, -0.25) is 14.3 Å². The Labute approximate surface area is 190 Å². The Morgan fingerprint density at radius 2 is 2.12 bits per heavy atom. The smallest absolute Gasteiger partial charge is 0.433 e. The van der Waals surface area contributed by atoms with E-state index in [9.17, 15) is 22.8 Å². The molecule has 4 rings (SSSR count). The Kier molecular flexibility index (Phi) is 5.54. The summed E-state index contributed by atoms with van der Waals surface area (Å²) in [7, 11) is 0. The number of fused-ring (bicyclic) bond motifs is 1. The minimum Gasteiger partial charge on any atom is -0.464 e. The number of nitrogens with zero attached hydrogens (tertiary/aromatic N) is 3. The third kappa shape index (κ3) is 4.00. The number of halogens is 4. The predicted octanol–water partition coefficient (Wildman–Crippen LogP) is 4.83. The van der Waals surface area contributed by atoms with Crippen LogP contribution in [0.4, 0.5) is 18.9 Å². The van der Waals surface area contributed by atoms with Crippen molar-refractivity contribution in [3.63, 3.8) is 0 Å². The first-order valence-corrected chi connectivity index (χ1v) is 10.6. The van der Waals surface area contributed by atoms with Crippen molar-refractivity contribution in [2.24, 2.45) is 5.73 Å². The molecule has 0 aliphatic heterocycles. The number of rotatable bonds is 5. The molecule has 1 atom stereocenters. The Bertz CT molecular complexity index is 1330. The van der Waals surface area contributed by atoms with Crippen molar-refractivity contribution < 1.29 is 27.2 Å². The van der Waals surface area contributed by atoms with Crippen molar-refractivity contribution in [2.45, 2.75) is 19.1 Å². The number of anilines is 1. The first kappa shape index (κ1) is 22.0. The number of carbonyl (C=O) groups excluding carboxylic acids is 2. The molecule has 8 nitrogen and oxygen atoms in total. The molecule has 166 valence electrons. The Morgan fingerprint density at radius 1 is 1.38 bits per heavy atom. The van der Waals surface area contributed by atoms with Gasteiger partial charge in [-0.15, -0.1) is 11.3 Å². The second-order valence-electron chi connectivity index (χ2n) is 6.68. The minimum atomic E-state index is -4.74. The summed E-state index contributed by atoms with van der Waals surface area (Å²) in [6.45, 7) is 1.57. The van der Waals surface area contributed by atoms with Gasteiger partial charge < -0.3 is 15.5 Å². The number of furan rings is 1. The van der Waals surface area contributed by atoms with Crippen LogP contribution in [0, 0.1) is 0 Å². The summed E-state index contributed by atoms with van der Waals surface area (Å²) in [6, 6.07) is 2.98. The Morgan fingerprint density at radius 3 is 2.69 bits per heavy atom. The highest BCUT2D eigenvalue weighted by molar-refractivity contribution is 9.10. The van der Waals surface area contributed by atoms with Crippen LogP contribution in [0.25, 0.3) is 21.5 Å². The lowest BCUT2D eigenvalue weighted by Gasteiger charge is -2.14. The summed E-state index contributed by atoms with van der Waals surface area (Å²) in [5, 5.41) is 6.78. The monoisotopic (exact) mass is 527 g/mol. The van der Waals surface area contributed by atoms with Gasteiger partial charge in [0.2, 0.25) is 5.91 Å². The molecule has 0 aromatic carbocycles. The zero-order valence-electron chi connectivity index (χ0n) is 16.1. The van der Waals surface area contributed by atoms with Gasteiger partial charge in [0.25, 0.3) is 5.91 Å². The summed E-state index contributed by atoms with van der Waals surface area (Å²) in [6.07, 6.45) is -0.365. The molecule has 4 heterocycles. The molecule has 0 aliphatic rings. The molecule has 0 aliphatic carbocycles. The number of hydrogen-bond donors (Lipinski definition) is 2. The van der Waals surface area contributed by atoms with Crippen molar-refractivity contribution in [3.8, 4) is 11.3 Å². The second-order valence-corrected chi connectivity index (χ2v) is 8.60. The van der Waals surface area contributed by atoms with Crippen LogP contribution >= 0.6 is 27.3 Å². The van der Waals surface area contributed by atoms with Crippen molar-refractivity contribution in [1.82, 2.24) is 14.8 Å². The van der Waals surface area contributed by atoms with E-state index in [0.29, 0.717) is 15.8 Å². The molecule has 32 heavy (non-hydrogen) atoms. The first-order chi connectivity index (χ1) is 15.1. The number of thiophene rings is 1. The van der Waals surface area contributed by atoms with E-state index in [0.717, 1.165) is 6.07 Å². The molecule has 0 bridgehead atoms. The average molecular weight is 528 g/mol. The number of carbonyl (C=O) groups is 2. The highest BCUT2D eigenvalue weighted by Gasteiger charge is 2.35. The van der Waals surface area contributed by atoms with Crippen LogP contribution in [0.5, 0.6) is 0 Å². The molecule has 0 radical (unpaired) electrons. The van der Waals surface area contributed by atoms with Gasteiger partial charge in [-0.2, -0.15) is 18.3 Å². The third-order valence-electron chi connectivity index (χ3n) is 4.56. The molecule has 4 aromatic heterocycles. The molecule has 4 aromatic rings. The first-order valence-electron chi connectivity index (χ1n) is 8.95. The number of nitrogens with two attached hydrogens (primary N) is 1. The summed E-state index contributed by atoms with van der Waals surface area (Å²) in [5.74, 6) is -1.37. The van der Waals surface area contributed by atoms with Crippen LogP contribution < -0.4 is 11.1 Å². The van der Waals surface area contributed by atoms with E-state index >= 15 is 0 Å². The van der Waals surface area contributed by atoms with Gasteiger partial charge in [0.15, 0.2) is 0 Å². The van der Waals surface area contributed by atoms with Crippen LogP contribution in [0.2, 0.25) is 0 Å². The molecule has 2 amide bonds. The fourth-order valence-electron chi connectivity index (χ4n) is 3.04. The van der Waals surface area contributed by atoms with E-state index in [1.165, 1.54) is 29.3 Å². The highest BCUT2D eigenvalue weighted by atomic mass is 79.9. The van der Waals surface area contributed by atoms with Gasteiger partial charge in [0.05, 0.1) is 22.6 Å². The molecule has 1 unspecified atom stereocenters. The standard InChI is InChI=1S/C19H13BrF3N5O3S/c1-8(28-7-9(20)6-25-28)17(30)27-14-13-10(11-3-2-4-31-11)5-12(19(21,22)23)26-18(13)32-15(14)16(24)29/h2-8H,1H3,(H2,24,29)(H,27,30). The van der Waals surface area contributed by atoms with E-state index in [1.54, 1.807) is 13.1 Å². The maximum absolute atomic E-state index is 13.4. The number of hydrogen-bond acceptors (Lipinski definition) is 6. The van der Waals surface area contributed by atoms with Gasteiger partial charge in [0.1, 0.15) is 27.2 Å². The molecule has 0 fully saturated rings. The summed E-state index contributed by atoms with van der Waals surface area (Å²) in [5.41, 5.74) is 4.28. The topological polar surface area (TPSA) is 116 Å². The van der Waals surface area contributed by atoms with E-state index in [1.807, 2.05) is 0 Å². The average Bonchev–Trinajstić information content (AvgIpc) is 3.46. The van der Waals surface area contributed by atoms with Crippen LogP contribution in [-0.4, -0.2) is 26.6 Å². The fourth-order valence-corrected chi connectivity index (χ4v) is 4.35. The maximum atomic E-state index is 13.4. The van der Waals surface area contributed by atoms with Crippen molar-refractivity contribution in [1.29, 1.82) is 0 Å². The van der Waals surface area contributed by atoms with E-state index in [-0.39, 0.29) is 32.1 Å². The minimum absolute atomic E-state index is 0.0147. The van der Waals surface area contributed by atoms with E-state index in [4.69, 9.17) is 10.2 Å². The third-order valence-corrected chi connectivity index (χ3v) is 6.07. The fraction of sp³-hybridized carbons (Fsp3) is 0.158. The predicted molar refractivity (Wildman–Crippen MR) is 114 cm³/mol. The van der Waals surface area contributed by atoms with E-state index < -0.39 is 29.7 Å². The molecule has 0 saturated heterocycles. The molecule has 0 saturated carbocycles. The zero-order valence-corrected chi connectivity index (χ0v) is 18.5. The van der Waals surface area contributed by atoms with Crippen LogP contribution in [0.15, 0.2) is 45.7 Å². The molecule has 0 spiro atoms. The van der Waals surface area contributed by atoms with Gasteiger partial charge in [0, 0.05) is 17.1 Å². The quantitative estimate of drug-likeness (QED) is 0.385. The molecule has 3 N–H and O–H groups in total. The second kappa shape index (κ2) is 8.06. The maximum Gasteiger partial charge on any atom is 0.433 e. The molecule has 13 heteroatoms. The van der Waals surface area contributed by atoms with Crippen LogP contribution in [-0.2, 0) is 11.0 Å². The van der Waals surface area contributed by atoms with Gasteiger partial charge in [-0.05, 0) is 41.1 Å². The summed E-state index contributed by atoms with van der Waals surface area (Å²) >= 11 is 3.90. The van der Waals surface area contributed by atoms with Crippen molar-refractivity contribution >= 4 is 55.0 Å². The van der Waals surface area contributed by atoms with Crippen LogP contribution in [0.1, 0.15) is 28.3 Å². The van der Waals surface area contributed by atoms with Crippen molar-refractivity contribution in [2.75, 3.05) is 5.32 Å². The number of alkyl halides is 3. The van der Waals surface area contributed by atoms with Crippen molar-refractivity contribution in [3.05, 3.63) is 51.9 Å². The normalized spacial score (nSPS) is 12.8. The number of amides is 2. The zero-order chi connectivity index (χ0) is 23.2. The number of pyridine rings is 1. The SMILES string of the molecule is CC(C(=O)Nc1c(C(N)=O)sc2nc(C(F)(F)F)cc(-c3ccco3)c12)n1cc(Br)cn1. The Hall–Kier alpha value is -3.19. The summed E-state index contributed by atoms with van der Waals surface area (Å²) in [4.78, 5) is 28.4. The highest BCUT2D eigenvalue weighted by Crippen LogP contribution is 2.43. The van der Waals surface area contributed by atoms with Gasteiger partial charge in [-0.1, -0.05) is 0 Å². The molecular formula is C19H13BrF3N5O3S. The lowest BCUT2D eigenvalue weighted by Crippen LogP contribution is -2.25. The number of nitrogens with one attached hydrogen (secondary N) is 1. The number of aromatic nitrogens is 3. The molecular weight excluding hydrogens is 515 g/mol. The largest absolute Gasteiger partial charge is 0.464 e. The number of primary amides is 1. The lowest BCUT2D eigenvalue weighted by molar-refractivity contribution is -0.140. The van der Waals surface area contributed by atoms with Crippen LogP contribution in [0.3, 0.4) is 0 Å². The van der Waals surface area contributed by atoms with E-state index in [2.05, 4.69) is 31.3 Å². The summed E-state index contributed by atoms with van der Waals surface area (Å²) < 4.78 is 47.7. The van der Waals surface area contributed by atoms with Gasteiger partial charge >= 0.3 is 6.18 Å². The lowest BCUT2D eigenvalue weighted by atomic mass is 10.1. The van der Waals surface area contributed by atoms with Gasteiger partial charge in [-0.25, -0.2) is 4.98 Å².